The molecule has 64 valence electrons. The Morgan fingerprint density at radius 2 is 1.91 bits per heavy atom. The molecule has 1 fully saturated rings. The monoisotopic (exact) mass is 218 g/mol. The number of rotatable bonds is 2. The van der Waals surface area contributed by atoms with E-state index in [0.717, 1.165) is 12.8 Å². The number of hydrogen-bond acceptors (Lipinski definition) is 1. The average molecular weight is 219 g/mol. The molecule has 1 rings (SSSR count). The van der Waals surface area contributed by atoms with E-state index in [9.17, 15) is 4.79 Å². The summed E-state index contributed by atoms with van der Waals surface area (Å²) in [5.74, 6) is 0.767. The summed E-state index contributed by atoms with van der Waals surface area (Å²) in [4.78, 5) is 11.5. The molecule has 0 unspecified atom stereocenters. The van der Waals surface area contributed by atoms with Crippen LogP contribution in [0.2, 0.25) is 0 Å². The molecule has 1 atom stereocenters. The van der Waals surface area contributed by atoms with Crippen LogP contribution in [0, 0.1) is 5.92 Å². The van der Waals surface area contributed by atoms with Gasteiger partial charge in [-0.15, -0.1) is 0 Å². The minimum Gasteiger partial charge on any atom is -0.298 e. The molecule has 0 saturated heterocycles. The van der Waals surface area contributed by atoms with Crippen molar-refractivity contribution in [3.63, 3.8) is 0 Å². The number of Topliss-reactive ketones (excluding diaryl/α,β-unsaturated/α-hetero) is 1. The van der Waals surface area contributed by atoms with Gasteiger partial charge in [0.15, 0.2) is 0 Å². The third-order valence-corrected chi connectivity index (χ3v) is 2.85. The zero-order valence-electron chi connectivity index (χ0n) is 6.98. The molecular weight excluding hydrogens is 204 g/mol. The van der Waals surface area contributed by atoms with Crippen LogP contribution in [0.3, 0.4) is 0 Å². The van der Waals surface area contributed by atoms with Gasteiger partial charge in [-0.25, -0.2) is 0 Å². The first kappa shape index (κ1) is 9.24. The summed E-state index contributed by atoms with van der Waals surface area (Å²) < 4.78 is 0. The molecule has 0 radical (unpaired) electrons. The van der Waals surface area contributed by atoms with Crippen molar-refractivity contribution in [1.29, 1.82) is 0 Å². The van der Waals surface area contributed by atoms with E-state index in [1.54, 1.807) is 0 Å². The van der Waals surface area contributed by atoms with Crippen LogP contribution in [-0.4, -0.2) is 10.6 Å². The van der Waals surface area contributed by atoms with E-state index in [1.165, 1.54) is 19.3 Å². The minimum absolute atomic E-state index is 0.0607. The van der Waals surface area contributed by atoms with E-state index in [0.29, 0.717) is 11.7 Å². The summed E-state index contributed by atoms with van der Waals surface area (Å²) in [5, 5.41) is 0. The van der Waals surface area contributed by atoms with Crippen LogP contribution in [0.5, 0.6) is 0 Å². The van der Waals surface area contributed by atoms with Gasteiger partial charge in [-0.3, -0.25) is 4.79 Å². The topological polar surface area (TPSA) is 17.1 Å². The Hall–Kier alpha value is 0.150. The van der Waals surface area contributed by atoms with E-state index in [1.807, 2.05) is 6.92 Å². The molecule has 0 spiro atoms. The normalized spacial score (nSPS) is 23.1. The molecule has 0 aliphatic heterocycles. The highest BCUT2D eigenvalue weighted by Gasteiger charge is 2.23. The fraction of sp³-hybridized carbons (Fsp3) is 0.889. The Bertz CT molecular complexity index is 136. The first-order valence-electron chi connectivity index (χ1n) is 4.39. The van der Waals surface area contributed by atoms with Crippen molar-refractivity contribution in [2.75, 3.05) is 0 Å². The van der Waals surface area contributed by atoms with Gasteiger partial charge in [0.2, 0.25) is 0 Å². The number of alkyl halides is 1. The molecule has 1 aliphatic rings. The largest absolute Gasteiger partial charge is 0.298 e. The number of hydrogen-bond donors (Lipinski definition) is 0. The standard InChI is InChI=1S/C9H15BrO/c1-7(10)9(11)8-5-3-2-4-6-8/h7-8H,2-6H2,1H3/t7-/m0/s1. The highest BCUT2D eigenvalue weighted by molar-refractivity contribution is 9.10. The summed E-state index contributed by atoms with van der Waals surface area (Å²) in [6.45, 7) is 1.93. The second kappa shape index (κ2) is 4.24. The second-order valence-corrected chi connectivity index (χ2v) is 4.73. The maximum Gasteiger partial charge on any atom is 0.149 e. The summed E-state index contributed by atoms with van der Waals surface area (Å²) in [7, 11) is 0. The minimum atomic E-state index is 0.0607. The molecule has 1 saturated carbocycles. The lowest BCUT2D eigenvalue weighted by Crippen LogP contribution is -2.23. The maximum absolute atomic E-state index is 11.5. The van der Waals surface area contributed by atoms with Crippen LogP contribution >= 0.6 is 15.9 Å². The lowest BCUT2D eigenvalue weighted by molar-refractivity contribution is -0.122. The van der Waals surface area contributed by atoms with Crippen LogP contribution in [0.25, 0.3) is 0 Å². The van der Waals surface area contributed by atoms with Crippen LogP contribution < -0.4 is 0 Å². The van der Waals surface area contributed by atoms with Crippen molar-refractivity contribution in [1.82, 2.24) is 0 Å². The first-order chi connectivity index (χ1) is 5.22. The zero-order valence-corrected chi connectivity index (χ0v) is 8.56. The van der Waals surface area contributed by atoms with Crippen molar-refractivity contribution in [2.24, 2.45) is 5.92 Å². The molecule has 11 heavy (non-hydrogen) atoms. The Morgan fingerprint density at radius 1 is 1.36 bits per heavy atom. The zero-order chi connectivity index (χ0) is 8.27. The Kier molecular flexibility index (Phi) is 3.57. The van der Waals surface area contributed by atoms with Crippen LogP contribution in [-0.2, 0) is 4.79 Å². The van der Waals surface area contributed by atoms with Crippen LogP contribution in [0.15, 0.2) is 0 Å². The number of carbonyl (C=O) groups excluding carboxylic acids is 1. The van der Waals surface area contributed by atoms with Crippen LogP contribution in [0.4, 0.5) is 0 Å². The van der Waals surface area contributed by atoms with E-state index in [-0.39, 0.29) is 4.83 Å². The second-order valence-electron chi connectivity index (χ2n) is 3.35. The molecule has 2 heteroatoms. The van der Waals surface area contributed by atoms with Crippen molar-refractivity contribution >= 4 is 21.7 Å². The van der Waals surface area contributed by atoms with Gasteiger partial charge in [-0.05, 0) is 19.8 Å². The Balaban J connectivity index is 2.39. The third kappa shape index (κ3) is 2.58. The molecule has 0 aromatic heterocycles. The fourth-order valence-electron chi connectivity index (χ4n) is 1.71. The number of carbonyl (C=O) groups is 1. The predicted molar refractivity (Wildman–Crippen MR) is 50.0 cm³/mol. The molecule has 1 aliphatic carbocycles. The Labute approximate surface area is 76.7 Å². The Morgan fingerprint density at radius 3 is 2.36 bits per heavy atom. The van der Waals surface area contributed by atoms with E-state index in [4.69, 9.17) is 0 Å². The van der Waals surface area contributed by atoms with E-state index < -0.39 is 0 Å². The summed E-state index contributed by atoms with van der Waals surface area (Å²) in [6, 6.07) is 0. The molecule has 0 aromatic carbocycles. The molecule has 0 N–H and O–H groups in total. The van der Waals surface area contributed by atoms with E-state index >= 15 is 0 Å². The summed E-state index contributed by atoms with van der Waals surface area (Å²) >= 11 is 3.33. The lowest BCUT2D eigenvalue weighted by atomic mass is 9.85. The molecule has 0 aromatic rings. The molecular formula is C9H15BrO. The molecule has 1 nitrogen and oxygen atoms in total. The van der Waals surface area contributed by atoms with Crippen molar-refractivity contribution in [2.45, 2.75) is 43.9 Å². The summed E-state index contributed by atoms with van der Waals surface area (Å²) in [6.07, 6.45) is 6.05. The van der Waals surface area contributed by atoms with Gasteiger partial charge in [0, 0.05) is 5.92 Å². The lowest BCUT2D eigenvalue weighted by Gasteiger charge is -2.21. The quantitative estimate of drug-likeness (QED) is 0.652. The van der Waals surface area contributed by atoms with Crippen molar-refractivity contribution in [3.05, 3.63) is 0 Å². The summed E-state index contributed by atoms with van der Waals surface area (Å²) in [5.41, 5.74) is 0. The fourth-order valence-corrected chi connectivity index (χ4v) is 2.09. The van der Waals surface area contributed by atoms with Crippen molar-refractivity contribution in [3.8, 4) is 0 Å². The van der Waals surface area contributed by atoms with Gasteiger partial charge in [0.1, 0.15) is 5.78 Å². The van der Waals surface area contributed by atoms with Gasteiger partial charge in [0.25, 0.3) is 0 Å². The SMILES string of the molecule is C[C@H](Br)C(=O)C1CCCCC1. The molecule has 0 amide bonds. The smallest absolute Gasteiger partial charge is 0.149 e. The predicted octanol–water partition coefficient (Wildman–Crippen LogP) is 2.92. The van der Waals surface area contributed by atoms with Gasteiger partial charge in [-0.2, -0.15) is 0 Å². The first-order valence-corrected chi connectivity index (χ1v) is 5.31. The highest BCUT2D eigenvalue weighted by Crippen LogP contribution is 2.26. The van der Waals surface area contributed by atoms with Crippen molar-refractivity contribution < 1.29 is 4.79 Å². The van der Waals surface area contributed by atoms with Gasteiger partial charge >= 0.3 is 0 Å². The third-order valence-electron chi connectivity index (χ3n) is 2.40. The molecule has 0 bridgehead atoms. The van der Waals surface area contributed by atoms with E-state index in [2.05, 4.69) is 15.9 Å². The van der Waals surface area contributed by atoms with Crippen LogP contribution in [0.1, 0.15) is 39.0 Å². The van der Waals surface area contributed by atoms with Gasteiger partial charge < -0.3 is 0 Å². The average Bonchev–Trinajstić information content (AvgIpc) is 2.05. The highest BCUT2D eigenvalue weighted by atomic mass is 79.9. The maximum atomic E-state index is 11.5. The van der Waals surface area contributed by atoms with Gasteiger partial charge in [0.05, 0.1) is 4.83 Å². The van der Waals surface area contributed by atoms with Gasteiger partial charge in [-0.1, -0.05) is 35.2 Å². The number of ketones is 1. The number of halogens is 1. The molecule has 0 heterocycles.